The van der Waals surface area contributed by atoms with E-state index < -0.39 is 8.32 Å². The number of ether oxygens (including phenoxy) is 1. The Hall–Kier alpha value is -0.943. The fourth-order valence-electron chi connectivity index (χ4n) is 6.07. The van der Waals surface area contributed by atoms with Crippen LogP contribution in [0.3, 0.4) is 0 Å². The number of benzene rings is 1. The van der Waals surface area contributed by atoms with Crippen molar-refractivity contribution < 1.29 is 9.16 Å². The lowest BCUT2D eigenvalue weighted by Gasteiger charge is -2.53. The van der Waals surface area contributed by atoms with Crippen LogP contribution in [0.15, 0.2) is 42.0 Å². The Morgan fingerprint density at radius 3 is 2.45 bits per heavy atom. The van der Waals surface area contributed by atoms with Gasteiger partial charge in [-0.05, 0) is 67.9 Å². The number of piperidine rings is 1. The first kappa shape index (κ1) is 26.7. The molecular weight excluding hydrogens is 422 g/mol. The molecule has 0 amide bonds. The highest BCUT2D eigenvalue weighted by molar-refractivity contribution is 6.73. The maximum absolute atomic E-state index is 7.38. The predicted octanol–water partition coefficient (Wildman–Crippen LogP) is 7.58. The van der Waals surface area contributed by atoms with Gasteiger partial charge in [-0.2, -0.15) is 0 Å². The minimum absolute atomic E-state index is 0.0659. The van der Waals surface area contributed by atoms with E-state index in [2.05, 4.69) is 82.9 Å². The van der Waals surface area contributed by atoms with Crippen LogP contribution in [-0.4, -0.2) is 44.1 Å². The van der Waals surface area contributed by atoms with Gasteiger partial charge in [0.15, 0.2) is 8.32 Å². The minimum atomic E-state index is -1.80. The van der Waals surface area contributed by atoms with E-state index >= 15 is 0 Å². The van der Waals surface area contributed by atoms with Crippen LogP contribution < -0.4 is 0 Å². The Morgan fingerprint density at radius 2 is 1.82 bits per heavy atom. The lowest BCUT2D eigenvalue weighted by atomic mass is 9.79. The summed E-state index contributed by atoms with van der Waals surface area (Å²) in [5, 5.41) is 0. The van der Waals surface area contributed by atoms with E-state index in [4.69, 9.17) is 9.16 Å². The molecule has 4 heteroatoms. The van der Waals surface area contributed by atoms with E-state index in [1.165, 1.54) is 67.9 Å². The van der Waals surface area contributed by atoms with Gasteiger partial charge in [0.25, 0.3) is 0 Å². The summed E-state index contributed by atoms with van der Waals surface area (Å²) < 4.78 is 14.3. The number of fused-ring (bicyclic) bond motifs is 1. The molecule has 0 saturated carbocycles. The van der Waals surface area contributed by atoms with Crippen molar-refractivity contribution >= 4 is 8.32 Å². The zero-order valence-electron chi connectivity index (χ0n) is 22.2. The van der Waals surface area contributed by atoms with Crippen LogP contribution in [0.5, 0.6) is 0 Å². The highest BCUT2D eigenvalue weighted by Gasteiger charge is 2.54. The second-order valence-corrected chi connectivity index (χ2v) is 15.4. The Balaban J connectivity index is 1.98. The van der Waals surface area contributed by atoms with Gasteiger partial charge in [0.2, 0.25) is 0 Å². The highest BCUT2D eigenvalue weighted by atomic mass is 28.4. The van der Waals surface area contributed by atoms with Gasteiger partial charge in [0, 0.05) is 12.6 Å². The van der Waals surface area contributed by atoms with Crippen molar-refractivity contribution in [1.29, 1.82) is 0 Å². The quantitative estimate of drug-likeness (QED) is 0.232. The van der Waals surface area contributed by atoms with Crippen molar-refractivity contribution in [1.82, 2.24) is 4.90 Å². The van der Waals surface area contributed by atoms with Crippen molar-refractivity contribution in [3.05, 3.63) is 47.5 Å². The molecule has 0 spiro atoms. The summed E-state index contributed by atoms with van der Waals surface area (Å²) in [6, 6.07) is 14.6. The molecular formula is C29H49NO2Si. The van der Waals surface area contributed by atoms with E-state index in [0.717, 1.165) is 6.54 Å². The minimum Gasteiger partial charge on any atom is -0.407 e. The predicted molar refractivity (Wildman–Crippen MR) is 143 cm³/mol. The summed E-state index contributed by atoms with van der Waals surface area (Å²) in [6.07, 6.45) is 8.92. The van der Waals surface area contributed by atoms with Crippen molar-refractivity contribution in [2.24, 2.45) is 5.92 Å². The molecule has 0 aromatic heterocycles. The van der Waals surface area contributed by atoms with Crippen LogP contribution in [0.1, 0.15) is 79.2 Å². The molecule has 0 radical (unpaired) electrons. The molecule has 186 valence electrons. The maximum Gasteiger partial charge on any atom is 0.193 e. The van der Waals surface area contributed by atoms with Gasteiger partial charge in [0.1, 0.15) is 5.60 Å². The molecule has 2 fully saturated rings. The molecule has 0 aliphatic carbocycles. The Kier molecular flexibility index (Phi) is 9.81. The highest BCUT2D eigenvalue weighted by Crippen LogP contribution is 2.44. The zero-order valence-corrected chi connectivity index (χ0v) is 23.2. The Bertz CT molecular complexity index is 739. The second kappa shape index (κ2) is 12.1. The average molecular weight is 472 g/mol. The summed E-state index contributed by atoms with van der Waals surface area (Å²) in [5.41, 5.74) is 2.41. The van der Waals surface area contributed by atoms with Crippen LogP contribution in [-0.2, 0) is 15.8 Å². The molecule has 2 heterocycles. The van der Waals surface area contributed by atoms with Crippen molar-refractivity contribution in [3.63, 3.8) is 0 Å². The monoisotopic (exact) mass is 471 g/mol. The van der Waals surface area contributed by atoms with E-state index in [9.17, 15) is 0 Å². The van der Waals surface area contributed by atoms with E-state index in [0.29, 0.717) is 18.6 Å². The molecule has 0 unspecified atom stereocenters. The van der Waals surface area contributed by atoms with Crippen LogP contribution >= 0.6 is 0 Å². The Morgan fingerprint density at radius 1 is 1.12 bits per heavy atom. The average Bonchev–Trinajstić information content (AvgIpc) is 3.32. The lowest BCUT2D eigenvalue weighted by molar-refractivity contribution is -0.154. The van der Waals surface area contributed by atoms with Gasteiger partial charge < -0.3 is 9.16 Å². The molecule has 2 aliphatic heterocycles. The largest absolute Gasteiger partial charge is 0.407 e. The topological polar surface area (TPSA) is 21.7 Å². The van der Waals surface area contributed by atoms with Gasteiger partial charge in [-0.1, -0.05) is 83.9 Å². The second-order valence-electron chi connectivity index (χ2n) is 10.7. The third-order valence-electron chi connectivity index (χ3n) is 8.47. The first-order valence-corrected chi connectivity index (χ1v) is 16.2. The van der Waals surface area contributed by atoms with Gasteiger partial charge in [-0.3, -0.25) is 4.90 Å². The molecule has 0 N–H and O–H groups in total. The Labute approximate surface area is 205 Å². The fraction of sp³-hybridized carbons (Fsp3) is 0.724. The first-order valence-electron chi connectivity index (χ1n) is 13.7. The molecule has 1 aromatic rings. The van der Waals surface area contributed by atoms with E-state index in [-0.39, 0.29) is 11.7 Å². The summed E-state index contributed by atoms with van der Waals surface area (Å²) in [6.45, 7) is 17.0. The number of hydrogen-bond donors (Lipinski definition) is 0. The third-order valence-corrected chi connectivity index (χ3v) is 13.1. The summed E-state index contributed by atoms with van der Waals surface area (Å²) in [4.78, 5) is 2.69. The number of rotatable bonds is 12. The number of unbranched alkanes of at least 4 members (excludes halogenated alkanes) is 1. The molecule has 4 atom stereocenters. The van der Waals surface area contributed by atoms with Crippen molar-refractivity contribution in [3.8, 4) is 0 Å². The van der Waals surface area contributed by atoms with Gasteiger partial charge in [-0.15, -0.1) is 0 Å². The lowest BCUT2D eigenvalue weighted by Crippen LogP contribution is -2.65. The number of allylic oxidation sites excluding steroid dienone is 1. The fourth-order valence-corrected chi connectivity index (χ4v) is 8.95. The molecule has 2 aliphatic rings. The normalized spacial score (nSPS) is 28.2. The van der Waals surface area contributed by atoms with Crippen molar-refractivity contribution in [2.75, 3.05) is 13.1 Å². The molecule has 33 heavy (non-hydrogen) atoms. The van der Waals surface area contributed by atoms with Gasteiger partial charge >= 0.3 is 0 Å². The van der Waals surface area contributed by atoms with Crippen molar-refractivity contribution in [2.45, 2.75) is 116 Å². The van der Waals surface area contributed by atoms with E-state index in [1.54, 1.807) is 0 Å². The molecule has 3 rings (SSSR count). The molecule has 3 nitrogen and oxygen atoms in total. The summed E-state index contributed by atoms with van der Waals surface area (Å²) in [7, 11) is -1.80. The van der Waals surface area contributed by atoms with Crippen LogP contribution in [0, 0.1) is 5.92 Å². The number of nitrogens with zero attached hydrogens (tertiary/aromatic N) is 1. The molecule has 0 bridgehead atoms. The maximum atomic E-state index is 7.38. The third kappa shape index (κ3) is 6.20. The molecule has 2 saturated heterocycles. The first-order chi connectivity index (χ1) is 15.9. The SMILES string of the molecule is CCCC[C@@H](C)/C=C1\CN2CCC[C@H]2[C@@](C)(OCc2ccccc2)[C@@H]1O[Si](CC)(CC)CC. The van der Waals surface area contributed by atoms with Crippen LogP contribution in [0.2, 0.25) is 18.1 Å². The van der Waals surface area contributed by atoms with Gasteiger partial charge in [-0.25, -0.2) is 0 Å². The smallest absolute Gasteiger partial charge is 0.193 e. The van der Waals surface area contributed by atoms with Gasteiger partial charge in [0.05, 0.1) is 12.7 Å². The van der Waals surface area contributed by atoms with E-state index in [1.807, 2.05) is 0 Å². The van der Waals surface area contributed by atoms with Crippen LogP contribution in [0.25, 0.3) is 0 Å². The zero-order chi connectivity index (χ0) is 23.9. The number of hydrogen-bond acceptors (Lipinski definition) is 3. The van der Waals surface area contributed by atoms with Crippen LogP contribution in [0.4, 0.5) is 0 Å². The summed E-state index contributed by atoms with van der Waals surface area (Å²) in [5.74, 6) is 0.588. The standard InChI is InChI=1S/C29H49NO2Si/c1-7-11-16-24(5)21-26-22-30-20-15-19-27(30)29(6,31-23-25-17-13-12-14-18-25)28(26)32-33(8-2,9-3)10-4/h12-14,17-18,21,24,27-28H,7-11,15-16,19-20,22-23H2,1-6H3/b26-21+/t24-,27+,28-,29-/m1/s1. The molecule has 1 aromatic carbocycles. The summed E-state index contributed by atoms with van der Waals surface area (Å²) >= 11 is 0.